The summed E-state index contributed by atoms with van der Waals surface area (Å²) in [6, 6.07) is 14.6. The summed E-state index contributed by atoms with van der Waals surface area (Å²) in [4.78, 5) is 59.2. The molecular formula is C25H23N5O4. The Labute approximate surface area is 195 Å². The molecule has 0 spiro atoms. The highest BCUT2D eigenvalue weighted by atomic mass is 16.2. The van der Waals surface area contributed by atoms with Gasteiger partial charge in [0, 0.05) is 30.8 Å². The quantitative estimate of drug-likeness (QED) is 0.518. The van der Waals surface area contributed by atoms with Gasteiger partial charge in [-0.25, -0.2) is 0 Å². The lowest BCUT2D eigenvalue weighted by atomic mass is 9.92. The summed E-state index contributed by atoms with van der Waals surface area (Å²) in [5.41, 5.74) is 3.10. The maximum absolute atomic E-state index is 13.1. The van der Waals surface area contributed by atoms with Crippen molar-refractivity contribution in [3.63, 3.8) is 0 Å². The van der Waals surface area contributed by atoms with Crippen LogP contribution in [0.2, 0.25) is 0 Å². The van der Waals surface area contributed by atoms with Crippen LogP contribution < -0.4 is 21.1 Å². The first-order valence-corrected chi connectivity index (χ1v) is 11.1. The summed E-state index contributed by atoms with van der Waals surface area (Å²) in [6.07, 6.45) is 0.655. The third-order valence-electron chi connectivity index (χ3n) is 6.24. The average molecular weight is 457 g/mol. The molecule has 172 valence electrons. The van der Waals surface area contributed by atoms with E-state index >= 15 is 0 Å². The van der Waals surface area contributed by atoms with Gasteiger partial charge in [0.25, 0.3) is 5.56 Å². The van der Waals surface area contributed by atoms with Crippen LogP contribution in [-0.2, 0) is 22.6 Å². The standard InChI is InChI=1S/C25H23N5O4/c1-14(31)15-6-8-18(9-7-15)26-23(33)19-12-20(32)27-22-21(19)24(34)29-25(28-22)30-11-10-16-4-2-3-5-17(16)13-30/h2-9,19H,10-13H2,1H3,(H,26,33)(H2,27,28,29,32,34)/t19-/m1/s1. The van der Waals surface area contributed by atoms with Crippen molar-refractivity contribution in [2.45, 2.75) is 32.2 Å². The molecule has 1 aromatic heterocycles. The van der Waals surface area contributed by atoms with Gasteiger partial charge in [-0.2, -0.15) is 4.98 Å². The van der Waals surface area contributed by atoms with Crippen LogP contribution in [0, 0.1) is 0 Å². The van der Waals surface area contributed by atoms with Gasteiger partial charge in [0.2, 0.25) is 17.8 Å². The van der Waals surface area contributed by atoms with Crippen LogP contribution >= 0.6 is 0 Å². The number of hydrogen-bond acceptors (Lipinski definition) is 6. The molecule has 0 fully saturated rings. The molecule has 3 heterocycles. The summed E-state index contributed by atoms with van der Waals surface area (Å²) in [5.74, 6) is -1.46. The fraction of sp³-hybridized carbons (Fsp3) is 0.240. The second-order valence-electron chi connectivity index (χ2n) is 8.52. The van der Waals surface area contributed by atoms with Crippen LogP contribution in [0.3, 0.4) is 0 Å². The second kappa shape index (κ2) is 8.58. The lowest BCUT2D eigenvalue weighted by Crippen LogP contribution is -2.38. The van der Waals surface area contributed by atoms with Crippen LogP contribution in [0.25, 0.3) is 0 Å². The number of rotatable bonds is 4. The Kier molecular flexibility index (Phi) is 5.45. The van der Waals surface area contributed by atoms with Crippen molar-refractivity contribution in [2.75, 3.05) is 22.1 Å². The van der Waals surface area contributed by atoms with E-state index in [1.54, 1.807) is 24.3 Å². The summed E-state index contributed by atoms with van der Waals surface area (Å²) in [6.45, 7) is 2.72. The Morgan fingerprint density at radius 2 is 1.79 bits per heavy atom. The Hall–Kier alpha value is -4.27. The molecule has 2 amide bonds. The van der Waals surface area contributed by atoms with Crippen molar-refractivity contribution >= 4 is 35.1 Å². The molecule has 0 unspecified atom stereocenters. The SMILES string of the molecule is CC(=O)c1ccc(NC(=O)[C@@H]2CC(=O)Nc3nc(N4CCc5ccccc5C4)[nH]c(=O)c32)cc1. The van der Waals surface area contributed by atoms with Gasteiger partial charge in [-0.05, 0) is 48.7 Å². The smallest absolute Gasteiger partial charge is 0.258 e. The van der Waals surface area contributed by atoms with E-state index in [4.69, 9.17) is 0 Å². The molecule has 0 radical (unpaired) electrons. The summed E-state index contributed by atoms with van der Waals surface area (Å²) >= 11 is 0. The number of nitrogens with zero attached hydrogens (tertiary/aromatic N) is 2. The number of anilines is 3. The molecule has 0 saturated carbocycles. The highest BCUT2D eigenvalue weighted by Crippen LogP contribution is 2.31. The minimum Gasteiger partial charge on any atom is -0.338 e. The van der Waals surface area contributed by atoms with Crippen molar-refractivity contribution < 1.29 is 14.4 Å². The number of Topliss-reactive ketones (excluding diaryl/α,β-unsaturated/α-hetero) is 1. The second-order valence-corrected chi connectivity index (χ2v) is 8.52. The van der Waals surface area contributed by atoms with Crippen molar-refractivity contribution in [2.24, 2.45) is 0 Å². The highest BCUT2D eigenvalue weighted by Gasteiger charge is 2.35. The molecule has 2 aliphatic rings. The molecule has 9 heteroatoms. The number of benzene rings is 2. The average Bonchev–Trinajstić information content (AvgIpc) is 2.83. The zero-order valence-corrected chi connectivity index (χ0v) is 18.6. The normalized spacial score (nSPS) is 16.8. The number of H-pyrrole nitrogens is 1. The topological polar surface area (TPSA) is 124 Å². The van der Waals surface area contributed by atoms with Gasteiger partial charge in [-0.1, -0.05) is 24.3 Å². The number of nitrogens with one attached hydrogen (secondary N) is 3. The molecule has 34 heavy (non-hydrogen) atoms. The van der Waals surface area contributed by atoms with Gasteiger partial charge < -0.3 is 15.5 Å². The largest absolute Gasteiger partial charge is 0.338 e. The molecule has 1 atom stereocenters. The molecule has 0 aliphatic carbocycles. The van der Waals surface area contributed by atoms with E-state index in [1.165, 1.54) is 12.5 Å². The van der Waals surface area contributed by atoms with Gasteiger partial charge >= 0.3 is 0 Å². The number of carbonyl (C=O) groups is 3. The Morgan fingerprint density at radius 1 is 1.06 bits per heavy atom. The molecule has 2 aliphatic heterocycles. The lowest BCUT2D eigenvalue weighted by molar-refractivity contribution is -0.123. The maximum atomic E-state index is 13.1. The monoisotopic (exact) mass is 457 g/mol. The molecule has 9 nitrogen and oxygen atoms in total. The molecular weight excluding hydrogens is 434 g/mol. The number of aromatic amines is 1. The van der Waals surface area contributed by atoms with Crippen LogP contribution in [0.5, 0.6) is 0 Å². The van der Waals surface area contributed by atoms with Crippen LogP contribution in [-0.4, -0.2) is 34.1 Å². The zero-order chi connectivity index (χ0) is 23.8. The first kappa shape index (κ1) is 21.6. The van der Waals surface area contributed by atoms with Gasteiger partial charge in [-0.15, -0.1) is 0 Å². The Balaban J connectivity index is 1.41. The molecule has 3 aromatic rings. The number of fused-ring (bicyclic) bond motifs is 2. The zero-order valence-electron chi connectivity index (χ0n) is 18.6. The summed E-state index contributed by atoms with van der Waals surface area (Å²) in [5, 5.41) is 5.39. The fourth-order valence-corrected chi connectivity index (χ4v) is 4.43. The minimum atomic E-state index is -0.983. The third kappa shape index (κ3) is 4.07. The van der Waals surface area contributed by atoms with E-state index < -0.39 is 17.4 Å². The number of amides is 2. The predicted molar refractivity (Wildman–Crippen MR) is 127 cm³/mol. The van der Waals surface area contributed by atoms with Crippen LogP contribution in [0.1, 0.15) is 46.3 Å². The van der Waals surface area contributed by atoms with E-state index in [9.17, 15) is 19.2 Å². The lowest BCUT2D eigenvalue weighted by Gasteiger charge is -2.30. The molecule has 0 bridgehead atoms. The first-order chi connectivity index (χ1) is 16.4. The van der Waals surface area contributed by atoms with Crippen LogP contribution in [0.4, 0.5) is 17.5 Å². The van der Waals surface area contributed by atoms with Crippen molar-refractivity contribution in [3.05, 3.63) is 81.1 Å². The van der Waals surface area contributed by atoms with Gasteiger partial charge in [0.1, 0.15) is 5.82 Å². The van der Waals surface area contributed by atoms with Crippen molar-refractivity contribution in [1.82, 2.24) is 9.97 Å². The Morgan fingerprint density at radius 3 is 2.53 bits per heavy atom. The number of ketones is 1. The number of carbonyl (C=O) groups excluding carboxylic acids is 3. The summed E-state index contributed by atoms with van der Waals surface area (Å²) in [7, 11) is 0. The van der Waals surface area contributed by atoms with E-state index in [1.807, 2.05) is 23.1 Å². The van der Waals surface area contributed by atoms with Crippen LogP contribution in [0.15, 0.2) is 53.3 Å². The van der Waals surface area contributed by atoms with E-state index in [0.717, 1.165) is 12.0 Å². The Bertz CT molecular complexity index is 1360. The molecule has 5 rings (SSSR count). The fourth-order valence-electron chi connectivity index (χ4n) is 4.43. The molecule has 2 aromatic carbocycles. The molecule has 0 saturated heterocycles. The highest BCUT2D eigenvalue weighted by molar-refractivity contribution is 6.04. The van der Waals surface area contributed by atoms with Crippen molar-refractivity contribution in [1.29, 1.82) is 0 Å². The van der Waals surface area contributed by atoms with Gasteiger partial charge in [-0.3, -0.25) is 24.2 Å². The summed E-state index contributed by atoms with van der Waals surface area (Å²) < 4.78 is 0. The maximum Gasteiger partial charge on any atom is 0.258 e. The van der Waals surface area contributed by atoms with Gasteiger partial charge in [0.05, 0.1) is 11.5 Å². The predicted octanol–water partition coefficient (Wildman–Crippen LogP) is 2.60. The van der Waals surface area contributed by atoms with E-state index in [2.05, 4.69) is 26.7 Å². The van der Waals surface area contributed by atoms with Crippen molar-refractivity contribution in [3.8, 4) is 0 Å². The molecule has 3 N–H and O–H groups in total. The number of aromatic nitrogens is 2. The number of hydrogen-bond donors (Lipinski definition) is 3. The first-order valence-electron chi connectivity index (χ1n) is 11.1. The minimum absolute atomic E-state index is 0.0821. The van der Waals surface area contributed by atoms with Gasteiger partial charge in [0.15, 0.2) is 5.78 Å². The van der Waals surface area contributed by atoms with E-state index in [-0.39, 0.29) is 29.5 Å². The third-order valence-corrected chi connectivity index (χ3v) is 6.24. The van der Waals surface area contributed by atoms with E-state index in [0.29, 0.717) is 30.3 Å².